The molecule has 2 N–H and O–H groups in total. The Morgan fingerprint density at radius 3 is 2.67 bits per heavy atom. The predicted molar refractivity (Wildman–Crippen MR) is 86.9 cm³/mol. The summed E-state index contributed by atoms with van der Waals surface area (Å²) >= 11 is 1.02. The summed E-state index contributed by atoms with van der Waals surface area (Å²) in [6.07, 6.45) is -0.839. The third-order valence-corrected chi connectivity index (χ3v) is 4.54. The Bertz CT molecular complexity index is 762. The second-order valence-electron chi connectivity index (χ2n) is 5.22. The lowest BCUT2D eigenvalue weighted by molar-refractivity contribution is -0.127. The molecular formula is C16H17FN2O4S. The van der Waals surface area contributed by atoms with E-state index in [1.807, 2.05) is 0 Å². The van der Waals surface area contributed by atoms with Crippen LogP contribution in [0.2, 0.25) is 0 Å². The van der Waals surface area contributed by atoms with Crippen LogP contribution >= 0.6 is 11.3 Å². The fraction of sp³-hybridized carbons (Fsp3) is 0.312. The molecule has 0 aliphatic carbocycles. The molecule has 1 aromatic heterocycles. The van der Waals surface area contributed by atoms with Crippen molar-refractivity contribution in [3.05, 3.63) is 45.7 Å². The molecule has 0 saturated heterocycles. The highest BCUT2D eigenvalue weighted by Crippen LogP contribution is 2.23. The van der Waals surface area contributed by atoms with E-state index in [1.165, 1.54) is 18.2 Å². The first-order valence-corrected chi connectivity index (χ1v) is 8.02. The summed E-state index contributed by atoms with van der Waals surface area (Å²) in [5.41, 5.74) is 0.410. The number of carboxylic acids is 1. The Balaban J connectivity index is 2.00. The van der Waals surface area contributed by atoms with Crippen LogP contribution in [-0.4, -0.2) is 28.1 Å². The summed E-state index contributed by atoms with van der Waals surface area (Å²) in [6, 6.07) is 5.05. The van der Waals surface area contributed by atoms with Crippen molar-refractivity contribution in [2.24, 2.45) is 0 Å². The van der Waals surface area contributed by atoms with E-state index in [-0.39, 0.29) is 10.6 Å². The van der Waals surface area contributed by atoms with Gasteiger partial charge < -0.3 is 15.2 Å². The van der Waals surface area contributed by atoms with E-state index < -0.39 is 29.8 Å². The van der Waals surface area contributed by atoms with Gasteiger partial charge in [0.05, 0.1) is 11.7 Å². The summed E-state index contributed by atoms with van der Waals surface area (Å²) in [6.45, 7) is 4.85. The number of carboxylic acid groups (broad SMARTS) is 1. The maximum absolute atomic E-state index is 13.1. The van der Waals surface area contributed by atoms with Gasteiger partial charge in [-0.2, -0.15) is 0 Å². The number of hydrogen-bond donors (Lipinski definition) is 2. The molecule has 2 aromatic rings. The molecule has 2 unspecified atom stereocenters. The number of nitrogens with zero attached hydrogens (tertiary/aromatic N) is 1. The number of aromatic nitrogens is 1. The van der Waals surface area contributed by atoms with Crippen LogP contribution in [0.4, 0.5) is 4.39 Å². The molecule has 1 amide bonds. The molecule has 2 rings (SSSR count). The van der Waals surface area contributed by atoms with Gasteiger partial charge >= 0.3 is 5.97 Å². The van der Waals surface area contributed by atoms with Gasteiger partial charge in [-0.3, -0.25) is 4.79 Å². The van der Waals surface area contributed by atoms with E-state index in [1.54, 1.807) is 26.8 Å². The van der Waals surface area contributed by atoms with Gasteiger partial charge in [0.15, 0.2) is 6.10 Å². The number of benzene rings is 1. The fourth-order valence-electron chi connectivity index (χ4n) is 1.99. The molecule has 0 aliphatic heterocycles. The van der Waals surface area contributed by atoms with Gasteiger partial charge in [0.2, 0.25) is 0 Å². The van der Waals surface area contributed by atoms with Crippen molar-refractivity contribution in [3.8, 4) is 5.75 Å². The van der Waals surface area contributed by atoms with Gasteiger partial charge in [-0.15, -0.1) is 11.3 Å². The number of rotatable bonds is 6. The number of carbonyl (C=O) groups is 2. The topological polar surface area (TPSA) is 88.5 Å². The number of aryl methyl sites for hydroxylation is 1. The average Bonchev–Trinajstić information content (AvgIpc) is 2.89. The van der Waals surface area contributed by atoms with Crippen LogP contribution in [0.3, 0.4) is 0 Å². The third kappa shape index (κ3) is 4.29. The average molecular weight is 352 g/mol. The molecule has 24 heavy (non-hydrogen) atoms. The highest BCUT2D eigenvalue weighted by atomic mass is 32.1. The second-order valence-corrected chi connectivity index (χ2v) is 6.25. The first-order valence-electron chi connectivity index (χ1n) is 7.21. The molecule has 1 aromatic carbocycles. The summed E-state index contributed by atoms with van der Waals surface area (Å²) < 4.78 is 18.5. The molecule has 128 valence electrons. The van der Waals surface area contributed by atoms with Crippen LogP contribution in [-0.2, 0) is 4.79 Å². The molecule has 0 radical (unpaired) electrons. The van der Waals surface area contributed by atoms with Crippen molar-refractivity contribution in [1.82, 2.24) is 10.3 Å². The summed E-state index contributed by atoms with van der Waals surface area (Å²) in [5, 5.41) is 12.3. The molecular weight excluding hydrogens is 335 g/mol. The molecule has 0 spiro atoms. The second kappa shape index (κ2) is 7.39. The number of ether oxygens (including phenoxy) is 1. The van der Waals surface area contributed by atoms with Crippen molar-refractivity contribution in [3.63, 3.8) is 0 Å². The third-order valence-electron chi connectivity index (χ3n) is 3.21. The molecule has 0 aliphatic rings. The highest BCUT2D eigenvalue weighted by molar-refractivity contribution is 7.13. The molecule has 6 nitrogen and oxygen atoms in total. The first-order chi connectivity index (χ1) is 11.3. The molecule has 1 heterocycles. The van der Waals surface area contributed by atoms with E-state index in [4.69, 9.17) is 9.84 Å². The highest BCUT2D eigenvalue weighted by Gasteiger charge is 2.22. The minimum absolute atomic E-state index is 0.148. The van der Waals surface area contributed by atoms with Crippen LogP contribution in [0.25, 0.3) is 0 Å². The van der Waals surface area contributed by atoms with E-state index >= 15 is 0 Å². The van der Waals surface area contributed by atoms with E-state index in [2.05, 4.69) is 10.3 Å². The Morgan fingerprint density at radius 2 is 2.08 bits per heavy atom. The van der Waals surface area contributed by atoms with Crippen molar-refractivity contribution < 1.29 is 23.8 Å². The smallest absolute Gasteiger partial charge is 0.347 e. The van der Waals surface area contributed by atoms with Gasteiger partial charge in [0, 0.05) is 6.07 Å². The first kappa shape index (κ1) is 17.9. The van der Waals surface area contributed by atoms with Crippen LogP contribution < -0.4 is 10.1 Å². The monoisotopic (exact) mass is 352 g/mol. The van der Waals surface area contributed by atoms with Gasteiger partial charge in [-0.1, -0.05) is 6.07 Å². The number of amides is 1. The van der Waals surface area contributed by atoms with Gasteiger partial charge in [-0.05, 0) is 32.9 Å². The zero-order chi connectivity index (χ0) is 17.9. The van der Waals surface area contributed by atoms with Crippen molar-refractivity contribution >= 4 is 23.2 Å². The zero-order valence-corrected chi connectivity index (χ0v) is 14.2. The maximum atomic E-state index is 13.1. The Kier molecular flexibility index (Phi) is 5.50. The Hall–Kier alpha value is -2.48. The summed E-state index contributed by atoms with van der Waals surface area (Å²) in [5.74, 6) is -1.65. The van der Waals surface area contributed by atoms with E-state index in [0.29, 0.717) is 10.7 Å². The maximum Gasteiger partial charge on any atom is 0.347 e. The van der Waals surface area contributed by atoms with Crippen LogP contribution in [0.1, 0.15) is 40.3 Å². The normalized spacial score (nSPS) is 13.2. The van der Waals surface area contributed by atoms with E-state index in [0.717, 1.165) is 11.3 Å². The number of nitrogens with one attached hydrogen (secondary N) is 1. The molecule has 0 saturated carbocycles. The number of thiazole rings is 1. The largest absolute Gasteiger partial charge is 0.481 e. The number of carbonyl (C=O) groups excluding carboxylic acids is 1. The Labute approximate surface area is 142 Å². The van der Waals surface area contributed by atoms with Crippen molar-refractivity contribution in [2.75, 3.05) is 0 Å². The zero-order valence-electron chi connectivity index (χ0n) is 13.4. The van der Waals surface area contributed by atoms with Crippen molar-refractivity contribution in [1.29, 1.82) is 0 Å². The molecule has 2 atom stereocenters. The van der Waals surface area contributed by atoms with Gasteiger partial charge in [-0.25, -0.2) is 14.2 Å². The number of halogens is 1. The lowest BCUT2D eigenvalue weighted by Gasteiger charge is -2.17. The van der Waals surface area contributed by atoms with Gasteiger partial charge in [0.25, 0.3) is 5.91 Å². The standard InChI is InChI=1S/C16H17FN2O4S/c1-8-13(16(21)22)24-15(19-8)9(2)18-14(20)10(3)23-12-6-4-5-11(17)7-12/h4-7,9-10H,1-3H3,(H,18,20)(H,21,22). The fourth-order valence-corrected chi connectivity index (χ4v) is 2.90. The molecule has 0 bridgehead atoms. The van der Waals surface area contributed by atoms with Crippen LogP contribution in [0, 0.1) is 12.7 Å². The lowest BCUT2D eigenvalue weighted by atomic mass is 10.3. The van der Waals surface area contributed by atoms with Crippen LogP contribution in [0.5, 0.6) is 5.75 Å². The van der Waals surface area contributed by atoms with E-state index in [9.17, 15) is 14.0 Å². The minimum Gasteiger partial charge on any atom is -0.481 e. The van der Waals surface area contributed by atoms with Crippen LogP contribution in [0.15, 0.2) is 24.3 Å². The minimum atomic E-state index is -1.04. The number of hydrogen-bond acceptors (Lipinski definition) is 5. The Morgan fingerprint density at radius 1 is 1.38 bits per heavy atom. The molecule has 8 heteroatoms. The predicted octanol–water partition coefficient (Wildman–Crippen LogP) is 2.93. The summed E-state index contributed by atoms with van der Waals surface area (Å²) in [4.78, 5) is 27.5. The summed E-state index contributed by atoms with van der Waals surface area (Å²) in [7, 11) is 0. The van der Waals surface area contributed by atoms with Gasteiger partial charge in [0.1, 0.15) is 21.5 Å². The lowest BCUT2D eigenvalue weighted by Crippen LogP contribution is -2.37. The molecule has 0 fully saturated rings. The number of aromatic carboxylic acids is 1. The van der Waals surface area contributed by atoms with Crippen molar-refractivity contribution in [2.45, 2.75) is 32.9 Å². The quantitative estimate of drug-likeness (QED) is 0.834. The SMILES string of the molecule is Cc1nc(C(C)NC(=O)C(C)Oc2cccc(F)c2)sc1C(=O)O.